The molecule has 1 N–H and O–H groups in total. The highest BCUT2D eigenvalue weighted by molar-refractivity contribution is 5.89. The van der Waals surface area contributed by atoms with Gasteiger partial charge in [-0.15, -0.1) is 0 Å². The first-order chi connectivity index (χ1) is 11.5. The Balaban J connectivity index is 1.65. The van der Waals surface area contributed by atoms with Gasteiger partial charge in [0.1, 0.15) is 6.10 Å². The van der Waals surface area contributed by atoms with Crippen LogP contribution in [0.25, 0.3) is 0 Å². The Kier molecular flexibility index (Phi) is 4.34. The van der Waals surface area contributed by atoms with Crippen LogP contribution < -0.4 is 0 Å². The number of ether oxygens (including phenoxy) is 2. The van der Waals surface area contributed by atoms with E-state index in [0.29, 0.717) is 12.8 Å². The van der Waals surface area contributed by atoms with E-state index in [-0.39, 0.29) is 36.5 Å². The van der Waals surface area contributed by atoms with Crippen LogP contribution in [0, 0.1) is 10.1 Å². The Bertz CT molecular complexity index is 646. The molecule has 1 aromatic carbocycles. The molecule has 0 aliphatic carbocycles. The van der Waals surface area contributed by atoms with Gasteiger partial charge in [0, 0.05) is 25.0 Å². The summed E-state index contributed by atoms with van der Waals surface area (Å²) in [6.45, 7) is 0.572. The molecular weight excluding hydrogens is 320 g/mol. The van der Waals surface area contributed by atoms with E-state index < -0.39 is 23.1 Å². The Morgan fingerprint density at radius 2 is 1.79 bits per heavy atom. The third-order valence-electron chi connectivity index (χ3n) is 4.29. The van der Waals surface area contributed by atoms with Crippen molar-refractivity contribution < 1.29 is 29.1 Å². The molecule has 2 fully saturated rings. The summed E-state index contributed by atoms with van der Waals surface area (Å²) < 4.78 is 10.8. The maximum atomic E-state index is 12.2. The number of morpholine rings is 1. The summed E-state index contributed by atoms with van der Waals surface area (Å²) in [6, 6.07) is 4.51. The van der Waals surface area contributed by atoms with Gasteiger partial charge in [-0.05, 0) is 12.1 Å². The molecule has 9 heteroatoms. The molecule has 0 radical (unpaired) electrons. The molecule has 3 atom stereocenters. The summed E-state index contributed by atoms with van der Waals surface area (Å²) in [7, 11) is 0. The van der Waals surface area contributed by atoms with Crippen molar-refractivity contribution in [3.05, 3.63) is 39.9 Å². The minimum Gasteiger partial charge on any atom is -0.465 e. The van der Waals surface area contributed by atoms with Gasteiger partial charge in [-0.1, -0.05) is 0 Å². The quantitative estimate of drug-likeness (QED) is 0.506. The zero-order chi connectivity index (χ0) is 17.3. The van der Waals surface area contributed by atoms with E-state index in [4.69, 9.17) is 9.47 Å². The number of carbonyl (C=O) groups is 2. The average Bonchev–Trinajstić information content (AvgIpc) is 2.53. The molecule has 2 aliphatic heterocycles. The molecule has 3 rings (SSSR count). The first kappa shape index (κ1) is 16.2. The number of non-ortho nitro benzene ring substituents is 1. The monoisotopic (exact) mass is 336 g/mol. The van der Waals surface area contributed by atoms with Crippen LogP contribution in [0.4, 0.5) is 10.5 Å². The van der Waals surface area contributed by atoms with Gasteiger partial charge in [0.15, 0.2) is 0 Å². The molecular formula is C15H16N2O7. The number of esters is 1. The number of hydrogen-bond donors (Lipinski definition) is 1. The molecule has 0 saturated carbocycles. The normalized spacial score (nSPS) is 25.8. The Labute approximate surface area is 136 Å². The molecule has 2 bridgehead atoms. The molecule has 2 saturated heterocycles. The summed E-state index contributed by atoms with van der Waals surface area (Å²) in [5.74, 6) is -0.572. The largest absolute Gasteiger partial charge is 0.465 e. The smallest absolute Gasteiger partial charge is 0.407 e. The van der Waals surface area contributed by atoms with Gasteiger partial charge in [0.2, 0.25) is 0 Å². The highest BCUT2D eigenvalue weighted by atomic mass is 16.6. The van der Waals surface area contributed by atoms with E-state index >= 15 is 0 Å². The number of nitro benzene ring substituents is 1. The molecule has 2 heterocycles. The van der Waals surface area contributed by atoms with Crippen LogP contribution in [0.15, 0.2) is 24.3 Å². The fourth-order valence-electron chi connectivity index (χ4n) is 3.21. The zero-order valence-corrected chi connectivity index (χ0v) is 12.7. The molecule has 1 unspecified atom stereocenters. The van der Waals surface area contributed by atoms with E-state index in [1.54, 1.807) is 0 Å². The fraction of sp³-hybridized carbons (Fsp3) is 0.467. The molecule has 1 amide bonds. The number of piperidine rings is 1. The lowest BCUT2D eigenvalue weighted by Crippen LogP contribution is -2.60. The lowest BCUT2D eigenvalue weighted by Gasteiger charge is -2.46. The van der Waals surface area contributed by atoms with Crippen molar-refractivity contribution in [1.29, 1.82) is 0 Å². The molecule has 0 aromatic heterocycles. The fourth-order valence-corrected chi connectivity index (χ4v) is 3.21. The predicted octanol–water partition coefficient (Wildman–Crippen LogP) is 1.66. The number of rotatable bonds is 3. The van der Waals surface area contributed by atoms with Crippen LogP contribution in [0.5, 0.6) is 0 Å². The lowest BCUT2D eigenvalue weighted by atomic mass is 9.92. The number of hydrogen-bond acceptors (Lipinski definition) is 6. The zero-order valence-electron chi connectivity index (χ0n) is 12.7. The summed E-state index contributed by atoms with van der Waals surface area (Å²) >= 11 is 0. The molecule has 24 heavy (non-hydrogen) atoms. The second-order valence-electron chi connectivity index (χ2n) is 5.84. The van der Waals surface area contributed by atoms with Gasteiger partial charge in [-0.25, -0.2) is 9.59 Å². The van der Waals surface area contributed by atoms with Crippen molar-refractivity contribution in [2.45, 2.75) is 31.0 Å². The van der Waals surface area contributed by atoms with Crippen LogP contribution in [0.3, 0.4) is 0 Å². The van der Waals surface area contributed by atoms with Crippen molar-refractivity contribution >= 4 is 17.7 Å². The van der Waals surface area contributed by atoms with Crippen LogP contribution in [0.2, 0.25) is 0 Å². The Hall–Kier alpha value is -2.68. The Morgan fingerprint density at radius 3 is 2.29 bits per heavy atom. The first-order valence-electron chi connectivity index (χ1n) is 7.50. The van der Waals surface area contributed by atoms with Gasteiger partial charge in [-0.3, -0.25) is 15.0 Å². The highest BCUT2D eigenvalue weighted by Gasteiger charge is 2.43. The molecule has 1 aromatic rings. The SMILES string of the molecule is O=C(OC1C[C@H]2COC[C@@H](C1)N2C(=O)O)c1ccc([N+](=O)[O-])cc1. The topological polar surface area (TPSA) is 119 Å². The minimum atomic E-state index is -0.992. The van der Waals surface area contributed by atoms with Crippen LogP contribution in [-0.4, -0.2) is 58.4 Å². The number of nitro groups is 1. The van der Waals surface area contributed by atoms with E-state index in [2.05, 4.69) is 0 Å². The second kappa shape index (κ2) is 6.44. The van der Waals surface area contributed by atoms with Gasteiger partial charge < -0.3 is 14.6 Å². The van der Waals surface area contributed by atoms with E-state index in [1.807, 2.05) is 0 Å². The van der Waals surface area contributed by atoms with Crippen LogP contribution >= 0.6 is 0 Å². The number of carbonyl (C=O) groups excluding carboxylic acids is 1. The van der Waals surface area contributed by atoms with Crippen molar-refractivity contribution in [2.24, 2.45) is 0 Å². The predicted molar refractivity (Wildman–Crippen MR) is 79.8 cm³/mol. The maximum Gasteiger partial charge on any atom is 0.407 e. The number of amides is 1. The number of benzene rings is 1. The summed E-state index contributed by atoms with van der Waals surface area (Å²) in [5, 5.41) is 19.9. The van der Waals surface area contributed by atoms with E-state index in [9.17, 15) is 24.8 Å². The lowest BCUT2D eigenvalue weighted by molar-refractivity contribution is -0.384. The third kappa shape index (κ3) is 3.16. The van der Waals surface area contributed by atoms with Crippen molar-refractivity contribution in [1.82, 2.24) is 4.90 Å². The Morgan fingerprint density at radius 1 is 1.21 bits per heavy atom. The molecule has 9 nitrogen and oxygen atoms in total. The third-order valence-corrected chi connectivity index (χ3v) is 4.29. The van der Waals surface area contributed by atoms with Crippen molar-refractivity contribution in [3.8, 4) is 0 Å². The maximum absolute atomic E-state index is 12.2. The number of carboxylic acid groups (broad SMARTS) is 1. The summed E-state index contributed by atoms with van der Waals surface area (Å²) in [4.78, 5) is 34.9. The molecule has 2 aliphatic rings. The molecule has 0 spiro atoms. The standard InChI is InChI=1S/C15H16N2O7/c18-14(9-1-3-10(4-2-9)17(21)22)24-13-5-11-7-23-8-12(6-13)16(11)15(19)20/h1-4,11-13H,5-8H2,(H,19,20)/t11-,12+,13?. The van der Waals surface area contributed by atoms with Gasteiger partial charge >= 0.3 is 12.1 Å². The number of fused-ring (bicyclic) bond motifs is 2. The molecule has 128 valence electrons. The van der Waals surface area contributed by atoms with Gasteiger partial charge in [-0.2, -0.15) is 0 Å². The van der Waals surface area contributed by atoms with Gasteiger partial charge in [0.05, 0.1) is 35.8 Å². The first-order valence-corrected chi connectivity index (χ1v) is 7.50. The van der Waals surface area contributed by atoms with Gasteiger partial charge in [0.25, 0.3) is 5.69 Å². The number of nitrogens with zero attached hydrogens (tertiary/aromatic N) is 2. The van der Waals surface area contributed by atoms with E-state index in [0.717, 1.165) is 0 Å². The van der Waals surface area contributed by atoms with Crippen molar-refractivity contribution in [2.75, 3.05) is 13.2 Å². The second-order valence-corrected chi connectivity index (χ2v) is 5.84. The minimum absolute atomic E-state index is 0.104. The highest BCUT2D eigenvalue weighted by Crippen LogP contribution is 2.30. The summed E-state index contributed by atoms with van der Waals surface area (Å²) in [5.41, 5.74) is 0.121. The average molecular weight is 336 g/mol. The summed E-state index contributed by atoms with van der Waals surface area (Å²) in [6.07, 6.45) is -0.640. The van der Waals surface area contributed by atoms with Crippen LogP contribution in [0.1, 0.15) is 23.2 Å². The van der Waals surface area contributed by atoms with E-state index in [1.165, 1.54) is 29.2 Å². The van der Waals surface area contributed by atoms with Crippen molar-refractivity contribution in [3.63, 3.8) is 0 Å². The van der Waals surface area contributed by atoms with Crippen LogP contribution in [-0.2, 0) is 9.47 Å².